The van der Waals surface area contributed by atoms with Crippen LogP contribution in [0.25, 0.3) is 17.1 Å². The summed E-state index contributed by atoms with van der Waals surface area (Å²) in [7, 11) is 0. The van der Waals surface area contributed by atoms with E-state index in [9.17, 15) is 4.79 Å². The summed E-state index contributed by atoms with van der Waals surface area (Å²) < 4.78 is 2.10. The number of carbonyl (C=O) groups excluding carboxylic acids is 1. The summed E-state index contributed by atoms with van der Waals surface area (Å²) in [6.07, 6.45) is 3.35. The van der Waals surface area contributed by atoms with Crippen molar-refractivity contribution >= 4 is 17.7 Å². The molecule has 0 bridgehead atoms. The molecule has 4 rings (SSSR count). The molecule has 2 aromatic carbocycles. The lowest BCUT2D eigenvalue weighted by Gasteiger charge is -2.39. The summed E-state index contributed by atoms with van der Waals surface area (Å²) in [5.41, 5.74) is 4.56. The van der Waals surface area contributed by atoms with Gasteiger partial charge in [0, 0.05) is 17.6 Å². The highest BCUT2D eigenvalue weighted by Gasteiger charge is 2.29. The number of para-hydroxylation sites is 1. The minimum Gasteiger partial charge on any atom is -0.337 e. The van der Waals surface area contributed by atoms with E-state index in [-0.39, 0.29) is 11.3 Å². The van der Waals surface area contributed by atoms with Crippen LogP contribution < -0.4 is 0 Å². The fourth-order valence-corrected chi connectivity index (χ4v) is 5.63. The molecule has 1 aliphatic rings. The molecule has 0 aliphatic carbocycles. The summed E-state index contributed by atoms with van der Waals surface area (Å²) in [6, 6.07) is 17.4. The van der Waals surface area contributed by atoms with Gasteiger partial charge in [-0.2, -0.15) is 0 Å². The van der Waals surface area contributed by atoms with Gasteiger partial charge in [-0.1, -0.05) is 75.0 Å². The molecular weight excluding hydrogens is 440 g/mol. The van der Waals surface area contributed by atoms with Crippen molar-refractivity contribution in [3.05, 3.63) is 59.7 Å². The lowest BCUT2D eigenvalue weighted by molar-refractivity contribution is -0.134. The number of benzene rings is 2. The SMILES string of the molecule is Cc1ccccc1-n1c(SCC(=O)N2C(C)CCCC2C)nnc1-c1ccc(C(C)(C)C)cc1. The molecule has 2 unspecified atom stereocenters. The molecule has 0 N–H and O–H groups in total. The maximum Gasteiger partial charge on any atom is 0.233 e. The molecule has 2 heterocycles. The molecular formula is C28H36N4OS. The van der Waals surface area contributed by atoms with Gasteiger partial charge in [0.05, 0.1) is 11.4 Å². The van der Waals surface area contributed by atoms with Crippen LogP contribution in [0.1, 0.15) is 65.0 Å². The topological polar surface area (TPSA) is 51.0 Å². The number of likely N-dealkylation sites (tertiary alicyclic amines) is 1. The van der Waals surface area contributed by atoms with E-state index in [0.717, 1.165) is 40.6 Å². The molecule has 0 spiro atoms. The zero-order valence-electron chi connectivity index (χ0n) is 21.2. The van der Waals surface area contributed by atoms with E-state index in [1.54, 1.807) is 0 Å². The monoisotopic (exact) mass is 476 g/mol. The van der Waals surface area contributed by atoms with Gasteiger partial charge in [-0.05, 0) is 62.6 Å². The Bertz CT molecular complexity index is 1140. The van der Waals surface area contributed by atoms with Crippen molar-refractivity contribution in [2.24, 2.45) is 0 Å². The minimum atomic E-state index is 0.0896. The Balaban J connectivity index is 1.66. The molecule has 34 heavy (non-hydrogen) atoms. The van der Waals surface area contributed by atoms with Gasteiger partial charge in [-0.15, -0.1) is 10.2 Å². The van der Waals surface area contributed by atoms with E-state index in [4.69, 9.17) is 0 Å². The zero-order valence-corrected chi connectivity index (χ0v) is 22.0. The minimum absolute atomic E-state index is 0.0896. The Labute approximate surface area is 208 Å². The van der Waals surface area contributed by atoms with Crippen molar-refractivity contribution in [1.29, 1.82) is 0 Å². The first-order valence-corrected chi connectivity index (χ1v) is 13.2. The van der Waals surface area contributed by atoms with E-state index in [1.165, 1.54) is 23.7 Å². The molecule has 1 aromatic heterocycles. The fourth-order valence-electron chi connectivity index (χ4n) is 4.81. The largest absolute Gasteiger partial charge is 0.337 e. The Morgan fingerprint density at radius 1 is 1.00 bits per heavy atom. The quantitative estimate of drug-likeness (QED) is 0.399. The molecule has 0 radical (unpaired) electrons. The number of hydrogen-bond acceptors (Lipinski definition) is 4. The molecule has 6 heteroatoms. The van der Waals surface area contributed by atoms with E-state index >= 15 is 0 Å². The number of aryl methyl sites for hydroxylation is 1. The second-order valence-corrected chi connectivity index (χ2v) is 11.4. The zero-order chi connectivity index (χ0) is 24.5. The third-order valence-electron chi connectivity index (χ3n) is 6.81. The molecule has 1 amide bonds. The van der Waals surface area contributed by atoms with Crippen LogP contribution in [0.2, 0.25) is 0 Å². The van der Waals surface area contributed by atoms with Crippen LogP contribution in [0.5, 0.6) is 0 Å². The second-order valence-electron chi connectivity index (χ2n) is 10.5. The van der Waals surface area contributed by atoms with Crippen LogP contribution in [0.3, 0.4) is 0 Å². The third-order valence-corrected chi connectivity index (χ3v) is 7.72. The predicted molar refractivity (Wildman–Crippen MR) is 141 cm³/mol. The van der Waals surface area contributed by atoms with Crippen molar-refractivity contribution in [1.82, 2.24) is 19.7 Å². The second kappa shape index (κ2) is 9.95. The fraction of sp³-hybridized carbons (Fsp3) is 0.464. The van der Waals surface area contributed by atoms with Crippen LogP contribution >= 0.6 is 11.8 Å². The van der Waals surface area contributed by atoms with E-state index < -0.39 is 0 Å². The smallest absolute Gasteiger partial charge is 0.233 e. The van der Waals surface area contributed by atoms with Gasteiger partial charge in [0.25, 0.3) is 0 Å². The summed E-state index contributed by atoms with van der Waals surface area (Å²) >= 11 is 1.48. The van der Waals surface area contributed by atoms with Gasteiger partial charge < -0.3 is 4.90 Å². The van der Waals surface area contributed by atoms with Gasteiger partial charge >= 0.3 is 0 Å². The summed E-state index contributed by atoms with van der Waals surface area (Å²) in [6.45, 7) is 13.1. The molecule has 3 aromatic rings. The van der Waals surface area contributed by atoms with Crippen LogP contribution in [0.4, 0.5) is 0 Å². The van der Waals surface area contributed by atoms with E-state index in [2.05, 4.69) is 97.6 Å². The summed E-state index contributed by atoms with van der Waals surface area (Å²) in [4.78, 5) is 15.2. The lowest BCUT2D eigenvalue weighted by atomic mass is 9.87. The molecule has 1 saturated heterocycles. The molecule has 5 nitrogen and oxygen atoms in total. The van der Waals surface area contributed by atoms with Crippen LogP contribution in [-0.2, 0) is 10.2 Å². The first-order chi connectivity index (χ1) is 16.2. The summed E-state index contributed by atoms with van der Waals surface area (Å²) in [5.74, 6) is 1.34. The third kappa shape index (κ3) is 5.07. The van der Waals surface area contributed by atoms with Crippen molar-refractivity contribution < 1.29 is 4.79 Å². The van der Waals surface area contributed by atoms with Crippen LogP contribution in [0, 0.1) is 6.92 Å². The van der Waals surface area contributed by atoms with E-state index in [0.29, 0.717) is 17.8 Å². The molecule has 1 aliphatic heterocycles. The Morgan fingerprint density at radius 2 is 1.65 bits per heavy atom. The van der Waals surface area contributed by atoms with Gasteiger partial charge in [0.1, 0.15) is 0 Å². The van der Waals surface area contributed by atoms with E-state index in [1.807, 2.05) is 12.1 Å². The number of amides is 1. The van der Waals surface area contributed by atoms with Crippen molar-refractivity contribution in [3.63, 3.8) is 0 Å². The predicted octanol–water partition coefficient (Wildman–Crippen LogP) is 6.42. The Morgan fingerprint density at radius 3 is 2.26 bits per heavy atom. The highest BCUT2D eigenvalue weighted by atomic mass is 32.2. The Kier molecular flexibility index (Phi) is 7.17. The number of carbonyl (C=O) groups is 1. The maximum absolute atomic E-state index is 13.2. The molecule has 1 fully saturated rings. The first kappa shape index (κ1) is 24.5. The van der Waals surface area contributed by atoms with Gasteiger partial charge in [-0.3, -0.25) is 9.36 Å². The molecule has 0 saturated carbocycles. The number of hydrogen-bond donors (Lipinski definition) is 0. The lowest BCUT2D eigenvalue weighted by Crippen LogP contribution is -2.48. The maximum atomic E-state index is 13.2. The van der Waals surface area contributed by atoms with Crippen molar-refractivity contribution in [2.45, 2.75) is 83.5 Å². The van der Waals surface area contributed by atoms with Gasteiger partial charge in [0.15, 0.2) is 11.0 Å². The number of aromatic nitrogens is 3. The normalized spacial score (nSPS) is 18.8. The number of nitrogens with zero attached hydrogens (tertiary/aromatic N) is 4. The number of piperidine rings is 1. The Hall–Kier alpha value is -2.60. The van der Waals surface area contributed by atoms with Gasteiger partial charge in [-0.25, -0.2) is 0 Å². The average Bonchev–Trinajstić information content (AvgIpc) is 3.21. The average molecular weight is 477 g/mol. The first-order valence-electron chi connectivity index (χ1n) is 12.2. The summed E-state index contributed by atoms with van der Waals surface area (Å²) in [5, 5.41) is 9.87. The van der Waals surface area contributed by atoms with Crippen molar-refractivity contribution in [3.8, 4) is 17.1 Å². The number of thioether (sulfide) groups is 1. The van der Waals surface area contributed by atoms with Crippen molar-refractivity contribution in [2.75, 3.05) is 5.75 Å². The standard InChI is InChI=1S/C28H36N4OS/c1-19-10-7-8-13-24(19)32-26(22-14-16-23(17-15-22)28(4,5)6)29-30-27(32)34-18-25(33)31-20(2)11-9-12-21(31)3/h7-8,10,13-17,20-21H,9,11-12,18H2,1-6H3. The molecule has 180 valence electrons. The molecule has 2 atom stereocenters. The van der Waals surface area contributed by atoms with Crippen LogP contribution in [0.15, 0.2) is 53.7 Å². The van der Waals surface area contributed by atoms with Crippen LogP contribution in [-0.4, -0.2) is 43.4 Å². The highest BCUT2D eigenvalue weighted by Crippen LogP contribution is 2.32. The highest BCUT2D eigenvalue weighted by molar-refractivity contribution is 7.99. The number of rotatable bonds is 5. The van der Waals surface area contributed by atoms with Gasteiger partial charge in [0.2, 0.25) is 5.91 Å².